The molecular weight excluding hydrogens is 248 g/mol. The Morgan fingerprint density at radius 3 is 2.95 bits per heavy atom. The van der Waals surface area contributed by atoms with E-state index in [1.54, 1.807) is 7.11 Å². The molecule has 1 aliphatic heterocycles. The Kier molecular flexibility index (Phi) is 5.44. The fourth-order valence-corrected chi connectivity index (χ4v) is 3.16. The van der Waals surface area contributed by atoms with Crippen LogP contribution in [0, 0.1) is 6.92 Å². The van der Waals surface area contributed by atoms with Crippen molar-refractivity contribution in [2.24, 2.45) is 0 Å². The van der Waals surface area contributed by atoms with Crippen molar-refractivity contribution in [3.05, 3.63) is 29.3 Å². The van der Waals surface area contributed by atoms with Gasteiger partial charge in [0.2, 0.25) is 0 Å². The lowest BCUT2D eigenvalue weighted by molar-refractivity contribution is 0.254. The van der Waals surface area contributed by atoms with E-state index in [1.165, 1.54) is 30.5 Å². The second-order valence-corrected chi connectivity index (χ2v) is 5.80. The monoisotopic (exact) mass is 276 g/mol. The highest BCUT2D eigenvalue weighted by molar-refractivity contribution is 5.38. The minimum atomic E-state index is 0.323. The van der Waals surface area contributed by atoms with Gasteiger partial charge in [0.25, 0.3) is 0 Å². The first-order chi connectivity index (χ1) is 9.65. The standard InChI is InChI=1S/C17H28N2O/c1-5-19-10-6-7-15(19)12-18-14(3)16-11-13(2)8-9-17(16)20-4/h8-9,11,14-15,18H,5-7,10,12H2,1-4H3. The lowest BCUT2D eigenvalue weighted by Crippen LogP contribution is -2.38. The number of benzene rings is 1. The Bertz CT molecular complexity index is 433. The van der Waals surface area contributed by atoms with Gasteiger partial charge in [-0.25, -0.2) is 0 Å². The molecule has 1 saturated heterocycles. The number of rotatable bonds is 6. The number of likely N-dealkylation sites (N-methyl/N-ethyl adjacent to an activating group) is 1. The van der Waals surface area contributed by atoms with Gasteiger partial charge >= 0.3 is 0 Å². The van der Waals surface area contributed by atoms with Crippen molar-refractivity contribution < 1.29 is 4.74 Å². The molecule has 3 nitrogen and oxygen atoms in total. The van der Waals surface area contributed by atoms with Gasteiger partial charge in [-0.05, 0) is 45.8 Å². The number of aryl methyl sites for hydroxylation is 1. The number of nitrogens with zero attached hydrogens (tertiary/aromatic N) is 1. The maximum absolute atomic E-state index is 5.49. The first-order valence-electron chi connectivity index (χ1n) is 7.77. The number of likely N-dealkylation sites (tertiary alicyclic amines) is 1. The number of methoxy groups -OCH3 is 1. The van der Waals surface area contributed by atoms with E-state index in [4.69, 9.17) is 4.74 Å². The summed E-state index contributed by atoms with van der Waals surface area (Å²) in [5.74, 6) is 0.981. The van der Waals surface area contributed by atoms with Crippen LogP contribution in [0.1, 0.15) is 43.9 Å². The molecule has 0 aromatic heterocycles. The fourth-order valence-electron chi connectivity index (χ4n) is 3.16. The molecule has 1 N–H and O–H groups in total. The summed E-state index contributed by atoms with van der Waals surface area (Å²) in [5.41, 5.74) is 2.54. The van der Waals surface area contributed by atoms with Crippen molar-refractivity contribution in [1.82, 2.24) is 10.2 Å². The Morgan fingerprint density at radius 2 is 2.25 bits per heavy atom. The fraction of sp³-hybridized carbons (Fsp3) is 0.647. The molecule has 1 fully saturated rings. The van der Waals surface area contributed by atoms with Gasteiger partial charge in [-0.3, -0.25) is 4.90 Å². The topological polar surface area (TPSA) is 24.5 Å². The molecule has 2 unspecified atom stereocenters. The summed E-state index contributed by atoms with van der Waals surface area (Å²) in [6.07, 6.45) is 2.65. The van der Waals surface area contributed by atoms with Crippen molar-refractivity contribution in [3.63, 3.8) is 0 Å². The van der Waals surface area contributed by atoms with E-state index in [9.17, 15) is 0 Å². The summed E-state index contributed by atoms with van der Waals surface area (Å²) >= 11 is 0. The zero-order chi connectivity index (χ0) is 14.5. The summed E-state index contributed by atoms with van der Waals surface area (Å²) in [4.78, 5) is 2.58. The highest BCUT2D eigenvalue weighted by atomic mass is 16.5. The molecule has 0 amide bonds. The lowest BCUT2D eigenvalue weighted by Gasteiger charge is -2.25. The summed E-state index contributed by atoms with van der Waals surface area (Å²) < 4.78 is 5.49. The zero-order valence-corrected chi connectivity index (χ0v) is 13.3. The van der Waals surface area contributed by atoms with Gasteiger partial charge < -0.3 is 10.1 Å². The summed E-state index contributed by atoms with van der Waals surface area (Å²) in [5, 5.41) is 3.69. The second-order valence-electron chi connectivity index (χ2n) is 5.80. The van der Waals surface area contributed by atoms with Crippen LogP contribution >= 0.6 is 0 Å². The SMILES string of the molecule is CCN1CCCC1CNC(C)c1cc(C)ccc1OC. The van der Waals surface area contributed by atoms with Crippen molar-refractivity contribution in [3.8, 4) is 5.75 Å². The first-order valence-corrected chi connectivity index (χ1v) is 7.77. The molecule has 0 aliphatic carbocycles. The minimum absolute atomic E-state index is 0.323. The van der Waals surface area contributed by atoms with E-state index in [-0.39, 0.29) is 0 Å². The number of nitrogens with one attached hydrogen (secondary N) is 1. The number of hydrogen-bond acceptors (Lipinski definition) is 3. The molecule has 0 spiro atoms. The average molecular weight is 276 g/mol. The molecule has 0 bridgehead atoms. The third-order valence-electron chi connectivity index (χ3n) is 4.42. The van der Waals surface area contributed by atoms with Crippen LogP contribution in [0.4, 0.5) is 0 Å². The van der Waals surface area contributed by atoms with Crippen LogP contribution in [-0.4, -0.2) is 37.7 Å². The van der Waals surface area contributed by atoms with E-state index in [1.807, 2.05) is 0 Å². The molecule has 1 aromatic carbocycles. The third kappa shape index (κ3) is 3.53. The molecule has 2 atom stereocenters. The molecule has 0 radical (unpaired) electrons. The van der Waals surface area contributed by atoms with Crippen LogP contribution in [0.5, 0.6) is 5.75 Å². The minimum Gasteiger partial charge on any atom is -0.496 e. The molecule has 112 valence electrons. The zero-order valence-electron chi connectivity index (χ0n) is 13.3. The smallest absolute Gasteiger partial charge is 0.123 e. The first kappa shape index (κ1) is 15.3. The van der Waals surface area contributed by atoms with Gasteiger partial charge in [-0.1, -0.05) is 24.6 Å². The largest absolute Gasteiger partial charge is 0.496 e. The van der Waals surface area contributed by atoms with Crippen LogP contribution in [0.25, 0.3) is 0 Å². The van der Waals surface area contributed by atoms with E-state index >= 15 is 0 Å². The quantitative estimate of drug-likeness (QED) is 0.864. The molecule has 0 saturated carbocycles. The van der Waals surface area contributed by atoms with E-state index < -0.39 is 0 Å². The molecule has 1 heterocycles. The number of hydrogen-bond donors (Lipinski definition) is 1. The Hall–Kier alpha value is -1.06. The molecule has 20 heavy (non-hydrogen) atoms. The average Bonchev–Trinajstić information content (AvgIpc) is 2.92. The Balaban J connectivity index is 1.97. The van der Waals surface area contributed by atoms with Crippen LogP contribution in [0.15, 0.2) is 18.2 Å². The van der Waals surface area contributed by atoms with Crippen LogP contribution in [-0.2, 0) is 0 Å². The van der Waals surface area contributed by atoms with Crippen LogP contribution < -0.4 is 10.1 Å². The Labute approximate surface area is 123 Å². The predicted octanol–water partition coefficient (Wildman–Crippen LogP) is 3.14. The summed E-state index contributed by atoms with van der Waals surface area (Å²) in [7, 11) is 1.75. The summed E-state index contributed by atoms with van der Waals surface area (Å²) in [6, 6.07) is 7.41. The van der Waals surface area contributed by atoms with Crippen molar-refractivity contribution in [2.75, 3.05) is 26.7 Å². The molecule has 1 aromatic rings. The van der Waals surface area contributed by atoms with E-state index in [0.29, 0.717) is 12.1 Å². The molecule has 2 rings (SSSR count). The maximum atomic E-state index is 5.49. The van der Waals surface area contributed by atoms with Crippen LogP contribution in [0.2, 0.25) is 0 Å². The van der Waals surface area contributed by atoms with E-state index in [0.717, 1.165) is 18.8 Å². The maximum Gasteiger partial charge on any atom is 0.123 e. The highest BCUT2D eigenvalue weighted by Crippen LogP contribution is 2.26. The molecule has 1 aliphatic rings. The van der Waals surface area contributed by atoms with Gasteiger partial charge in [0.15, 0.2) is 0 Å². The normalized spacial score (nSPS) is 21.1. The van der Waals surface area contributed by atoms with E-state index in [2.05, 4.69) is 49.2 Å². The van der Waals surface area contributed by atoms with Crippen LogP contribution in [0.3, 0.4) is 0 Å². The van der Waals surface area contributed by atoms with Crippen molar-refractivity contribution in [1.29, 1.82) is 0 Å². The lowest BCUT2D eigenvalue weighted by atomic mass is 10.0. The number of ether oxygens (including phenoxy) is 1. The van der Waals surface area contributed by atoms with Gasteiger partial charge in [0, 0.05) is 24.2 Å². The highest BCUT2D eigenvalue weighted by Gasteiger charge is 2.23. The molecular formula is C17H28N2O. The predicted molar refractivity (Wildman–Crippen MR) is 84.4 cm³/mol. The van der Waals surface area contributed by atoms with Gasteiger partial charge in [0.1, 0.15) is 5.75 Å². The third-order valence-corrected chi connectivity index (χ3v) is 4.42. The Morgan fingerprint density at radius 1 is 1.45 bits per heavy atom. The van der Waals surface area contributed by atoms with Gasteiger partial charge in [-0.15, -0.1) is 0 Å². The van der Waals surface area contributed by atoms with Gasteiger partial charge in [0.05, 0.1) is 7.11 Å². The molecule has 3 heteroatoms. The summed E-state index contributed by atoms with van der Waals surface area (Å²) in [6.45, 7) is 10.1. The van der Waals surface area contributed by atoms with Crippen molar-refractivity contribution in [2.45, 2.75) is 45.7 Å². The van der Waals surface area contributed by atoms with Gasteiger partial charge in [-0.2, -0.15) is 0 Å². The second kappa shape index (κ2) is 7.09. The van der Waals surface area contributed by atoms with Crippen molar-refractivity contribution >= 4 is 0 Å².